The molecular formula is C29H24N2O6S. The average Bonchev–Trinajstić information content (AvgIpc) is 3.47. The maximum absolute atomic E-state index is 13.9. The van der Waals surface area contributed by atoms with Gasteiger partial charge in [-0.1, -0.05) is 29.0 Å². The SMILES string of the molecule is CCOc1ccc([C@H]2c3c(oc4ccc(C)cc4c3=O)C(=O)N2c2nc3ccc(OC)cc3s2)cc1OC. The highest BCUT2D eigenvalue weighted by molar-refractivity contribution is 7.22. The van der Waals surface area contributed by atoms with Crippen molar-refractivity contribution >= 4 is 43.6 Å². The molecule has 2 aromatic heterocycles. The summed E-state index contributed by atoms with van der Waals surface area (Å²) >= 11 is 1.34. The lowest BCUT2D eigenvalue weighted by atomic mass is 9.98. The lowest BCUT2D eigenvalue weighted by Crippen LogP contribution is -2.29. The molecule has 1 amide bonds. The van der Waals surface area contributed by atoms with E-state index in [9.17, 15) is 9.59 Å². The van der Waals surface area contributed by atoms with Crippen molar-refractivity contribution < 1.29 is 23.4 Å². The first-order chi connectivity index (χ1) is 18.4. The number of hydrogen-bond acceptors (Lipinski definition) is 8. The van der Waals surface area contributed by atoms with Gasteiger partial charge in [-0.05, 0) is 61.9 Å². The predicted molar refractivity (Wildman–Crippen MR) is 146 cm³/mol. The van der Waals surface area contributed by atoms with E-state index in [2.05, 4.69) is 0 Å². The van der Waals surface area contributed by atoms with Crippen molar-refractivity contribution in [1.82, 2.24) is 4.98 Å². The molecule has 192 valence electrons. The Hall–Kier alpha value is -4.37. The minimum Gasteiger partial charge on any atom is -0.497 e. The van der Waals surface area contributed by atoms with Crippen LogP contribution in [0, 0.1) is 6.92 Å². The van der Waals surface area contributed by atoms with Gasteiger partial charge in [0.2, 0.25) is 5.76 Å². The van der Waals surface area contributed by atoms with Gasteiger partial charge in [-0.2, -0.15) is 0 Å². The van der Waals surface area contributed by atoms with Crippen LogP contribution in [0.4, 0.5) is 5.13 Å². The summed E-state index contributed by atoms with van der Waals surface area (Å²) in [4.78, 5) is 34.2. The molecule has 5 aromatic rings. The summed E-state index contributed by atoms with van der Waals surface area (Å²) in [6.45, 7) is 4.27. The molecule has 0 spiro atoms. The highest BCUT2D eigenvalue weighted by Crippen LogP contribution is 2.45. The van der Waals surface area contributed by atoms with Crippen molar-refractivity contribution in [3.63, 3.8) is 0 Å². The molecule has 0 saturated heterocycles. The third-order valence-electron chi connectivity index (χ3n) is 6.62. The van der Waals surface area contributed by atoms with Gasteiger partial charge in [-0.3, -0.25) is 14.5 Å². The fraction of sp³-hybridized carbons (Fsp3) is 0.207. The number of benzene rings is 3. The van der Waals surface area contributed by atoms with E-state index in [1.807, 2.05) is 44.2 Å². The van der Waals surface area contributed by atoms with E-state index in [1.165, 1.54) is 16.2 Å². The minimum atomic E-state index is -0.773. The topological polar surface area (TPSA) is 91.1 Å². The third-order valence-corrected chi connectivity index (χ3v) is 7.64. The molecule has 0 radical (unpaired) electrons. The van der Waals surface area contributed by atoms with Gasteiger partial charge in [0.1, 0.15) is 11.3 Å². The zero-order valence-corrected chi connectivity index (χ0v) is 22.0. The van der Waals surface area contributed by atoms with Crippen molar-refractivity contribution in [3.8, 4) is 17.2 Å². The number of aryl methyl sites for hydroxylation is 1. The zero-order valence-electron chi connectivity index (χ0n) is 21.2. The molecular weight excluding hydrogens is 504 g/mol. The van der Waals surface area contributed by atoms with Crippen molar-refractivity contribution in [2.75, 3.05) is 25.7 Å². The highest BCUT2D eigenvalue weighted by atomic mass is 32.1. The summed E-state index contributed by atoms with van der Waals surface area (Å²) in [6, 6.07) is 15.5. The Morgan fingerprint density at radius 3 is 2.61 bits per heavy atom. The fourth-order valence-electron chi connectivity index (χ4n) is 4.85. The van der Waals surface area contributed by atoms with E-state index >= 15 is 0 Å². The van der Waals surface area contributed by atoms with Crippen LogP contribution in [0.1, 0.15) is 40.2 Å². The van der Waals surface area contributed by atoms with Crippen LogP contribution in [0.25, 0.3) is 21.2 Å². The maximum atomic E-state index is 13.9. The van der Waals surface area contributed by atoms with Gasteiger partial charge >= 0.3 is 0 Å². The molecule has 0 aliphatic carbocycles. The number of aromatic nitrogens is 1. The molecule has 3 heterocycles. The van der Waals surface area contributed by atoms with Crippen LogP contribution in [-0.2, 0) is 0 Å². The van der Waals surface area contributed by atoms with Crippen LogP contribution in [0.5, 0.6) is 17.2 Å². The third kappa shape index (κ3) is 3.69. The molecule has 0 unspecified atom stereocenters. The molecule has 1 aliphatic rings. The molecule has 1 aliphatic heterocycles. The van der Waals surface area contributed by atoms with Crippen LogP contribution < -0.4 is 24.5 Å². The Morgan fingerprint density at radius 2 is 1.84 bits per heavy atom. The summed E-state index contributed by atoms with van der Waals surface area (Å²) in [5.41, 5.74) is 2.71. The smallest absolute Gasteiger partial charge is 0.297 e. The molecule has 0 bridgehead atoms. The molecule has 3 aromatic carbocycles. The lowest BCUT2D eigenvalue weighted by molar-refractivity contribution is 0.0971. The van der Waals surface area contributed by atoms with Crippen molar-refractivity contribution in [2.24, 2.45) is 0 Å². The average molecular weight is 529 g/mol. The lowest BCUT2D eigenvalue weighted by Gasteiger charge is -2.23. The first-order valence-corrected chi connectivity index (χ1v) is 12.9. The second-order valence-corrected chi connectivity index (χ2v) is 9.93. The molecule has 9 heteroatoms. The Labute approximate surface area is 222 Å². The number of nitrogens with zero attached hydrogens (tertiary/aromatic N) is 2. The van der Waals surface area contributed by atoms with Crippen molar-refractivity contribution in [2.45, 2.75) is 19.9 Å². The molecule has 1 atom stereocenters. The number of hydrogen-bond donors (Lipinski definition) is 0. The van der Waals surface area contributed by atoms with E-state index in [4.69, 9.17) is 23.6 Å². The first kappa shape index (κ1) is 24.0. The second-order valence-electron chi connectivity index (χ2n) is 8.92. The number of thiazole rings is 1. The van der Waals surface area contributed by atoms with E-state index in [-0.39, 0.29) is 16.8 Å². The van der Waals surface area contributed by atoms with Gasteiger partial charge in [-0.25, -0.2) is 4.98 Å². The fourth-order valence-corrected chi connectivity index (χ4v) is 5.87. The number of rotatable bonds is 6. The largest absolute Gasteiger partial charge is 0.497 e. The number of ether oxygens (including phenoxy) is 3. The maximum Gasteiger partial charge on any atom is 0.297 e. The summed E-state index contributed by atoms with van der Waals surface area (Å²) in [5.74, 6) is 1.35. The van der Waals surface area contributed by atoms with E-state index in [0.717, 1.165) is 15.8 Å². The van der Waals surface area contributed by atoms with E-state index < -0.39 is 11.9 Å². The first-order valence-electron chi connectivity index (χ1n) is 12.1. The van der Waals surface area contributed by atoms with Crippen molar-refractivity contribution in [3.05, 3.63) is 87.3 Å². The summed E-state index contributed by atoms with van der Waals surface area (Å²) in [5, 5.41) is 0.873. The molecule has 0 fully saturated rings. The molecule has 0 saturated carbocycles. The standard InChI is InChI=1S/C29H24N2O6S/c1-5-36-21-11-7-16(13-22(21)35-4)25-24-26(32)18-12-15(2)6-10-20(18)37-27(24)28(33)31(25)29-30-19-9-8-17(34-3)14-23(19)38-29/h6-14,25H,5H2,1-4H3/t25-/m0/s1. The zero-order chi connectivity index (χ0) is 26.6. The molecule has 8 nitrogen and oxygen atoms in total. The molecule has 0 N–H and O–H groups in total. The highest BCUT2D eigenvalue weighted by Gasteiger charge is 2.45. The van der Waals surface area contributed by atoms with E-state index in [0.29, 0.717) is 45.5 Å². The van der Waals surface area contributed by atoms with Crippen LogP contribution in [0.3, 0.4) is 0 Å². The van der Waals surface area contributed by atoms with Gasteiger partial charge in [0.15, 0.2) is 22.1 Å². The second kappa shape index (κ2) is 9.18. The monoisotopic (exact) mass is 528 g/mol. The van der Waals surface area contributed by atoms with Gasteiger partial charge in [-0.15, -0.1) is 0 Å². The van der Waals surface area contributed by atoms with Crippen LogP contribution >= 0.6 is 11.3 Å². The quantitative estimate of drug-likeness (QED) is 0.272. The number of amides is 1. The number of carbonyl (C=O) groups is 1. The van der Waals surface area contributed by atoms with E-state index in [1.54, 1.807) is 38.5 Å². The van der Waals surface area contributed by atoms with Crippen LogP contribution in [0.15, 0.2) is 63.8 Å². The number of methoxy groups -OCH3 is 2. The number of carbonyl (C=O) groups excluding carboxylic acids is 1. The van der Waals surface area contributed by atoms with Crippen LogP contribution in [-0.4, -0.2) is 31.7 Å². The van der Waals surface area contributed by atoms with Gasteiger partial charge in [0.25, 0.3) is 5.91 Å². The van der Waals surface area contributed by atoms with Gasteiger partial charge in [0, 0.05) is 0 Å². The van der Waals surface area contributed by atoms with Gasteiger partial charge < -0.3 is 18.6 Å². The summed E-state index contributed by atoms with van der Waals surface area (Å²) in [6.07, 6.45) is 0. The minimum absolute atomic E-state index is 0.0149. The Kier molecular flexibility index (Phi) is 5.80. The number of fused-ring (bicyclic) bond motifs is 3. The predicted octanol–water partition coefficient (Wildman–Crippen LogP) is 5.88. The Bertz CT molecular complexity index is 1790. The van der Waals surface area contributed by atoms with Gasteiger partial charge in [0.05, 0.1) is 48.0 Å². The Balaban J connectivity index is 1.61. The Morgan fingerprint density at radius 1 is 1.00 bits per heavy atom. The normalized spacial score (nSPS) is 14.8. The summed E-state index contributed by atoms with van der Waals surface area (Å²) < 4.78 is 23.6. The number of anilines is 1. The molecule has 38 heavy (non-hydrogen) atoms. The van der Waals surface area contributed by atoms with Crippen LogP contribution in [0.2, 0.25) is 0 Å². The molecule has 6 rings (SSSR count). The summed E-state index contributed by atoms with van der Waals surface area (Å²) in [7, 11) is 3.15. The van der Waals surface area contributed by atoms with Crippen molar-refractivity contribution in [1.29, 1.82) is 0 Å².